The lowest BCUT2D eigenvalue weighted by molar-refractivity contribution is 0.0562. The van der Waals surface area contributed by atoms with E-state index in [9.17, 15) is 13.2 Å². The molecule has 2 atom stereocenters. The summed E-state index contributed by atoms with van der Waals surface area (Å²) in [5.41, 5.74) is 1.01. The number of nitrogens with zero attached hydrogens (tertiary/aromatic N) is 2. The van der Waals surface area contributed by atoms with E-state index in [2.05, 4.69) is 10.2 Å². The third kappa shape index (κ3) is 4.01. The lowest BCUT2D eigenvalue weighted by Crippen LogP contribution is -2.61. The highest BCUT2D eigenvalue weighted by Gasteiger charge is 2.48. The first-order valence-corrected chi connectivity index (χ1v) is 10.9. The minimum absolute atomic E-state index is 0.0189. The van der Waals surface area contributed by atoms with Crippen LogP contribution in [0.3, 0.4) is 0 Å². The molecular weight excluding hydrogens is 366 g/mol. The average molecular weight is 389 g/mol. The Hall–Kier alpha value is -2.32. The van der Waals surface area contributed by atoms with Crippen LogP contribution >= 0.6 is 0 Å². The molecule has 1 aromatic carbocycles. The molecule has 0 spiro atoms. The molecule has 4 rings (SSSR count). The summed E-state index contributed by atoms with van der Waals surface area (Å²) in [5, 5.41) is 2.92. The van der Waals surface area contributed by atoms with Crippen molar-refractivity contribution in [2.75, 3.05) is 24.6 Å². The summed E-state index contributed by atoms with van der Waals surface area (Å²) in [4.78, 5) is 16.5. The van der Waals surface area contributed by atoms with E-state index in [1.807, 2.05) is 42.5 Å². The first-order chi connectivity index (χ1) is 13.0. The van der Waals surface area contributed by atoms with Gasteiger partial charge in [0.1, 0.15) is 5.76 Å². The largest absolute Gasteiger partial charge is 0.468 e. The molecule has 2 aromatic rings. The van der Waals surface area contributed by atoms with Gasteiger partial charge in [-0.15, -0.1) is 0 Å². The number of carbonyl (C=O) groups is 1. The van der Waals surface area contributed by atoms with Crippen LogP contribution in [-0.4, -0.2) is 60.9 Å². The predicted octanol–water partition coefficient (Wildman–Crippen LogP) is 1.47. The number of benzene rings is 1. The molecule has 2 amide bonds. The van der Waals surface area contributed by atoms with Crippen molar-refractivity contribution in [2.45, 2.75) is 25.2 Å². The number of piperazine rings is 1. The summed E-state index contributed by atoms with van der Waals surface area (Å²) < 4.78 is 30.0. The number of sulfone groups is 1. The summed E-state index contributed by atoms with van der Waals surface area (Å²) >= 11 is 0. The van der Waals surface area contributed by atoms with Crippen LogP contribution in [0.4, 0.5) is 4.79 Å². The van der Waals surface area contributed by atoms with E-state index in [0.29, 0.717) is 26.2 Å². The van der Waals surface area contributed by atoms with Gasteiger partial charge < -0.3 is 14.6 Å². The minimum atomic E-state index is -3.17. The standard InChI is InChI=1S/C19H23N3O4S/c23-19(20-11-15-5-2-1-3-6-15)22-9-8-21(12-16-7-4-10-26-16)17-13-27(24,25)14-18(17)22/h1-7,10,17-18H,8-9,11-14H2,(H,20,23)/t17-,18+/m1/s1. The van der Waals surface area contributed by atoms with E-state index in [-0.39, 0.29) is 29.6 Å². The van der Waals surface area contributed by atoms with E-state index in [1.54, 1.807) is 11.2 Å². The zero-order valence-electron chi connectivity index (χ0n) is 15.0. The van der Waals surface area contributed by atoms with Crippen LogP contribution in [0.1, 0.15) is 11.3 Å². The first kappa shape index (κ1) is 18.1. The molecule has 144 valence electrons. The maximum Gasteiger partial charge on any atom is 0.318 e. The number of hydrogen-bond donors (Lipinski definition) is 1. The van der Waals surface area contributed by atoms with E-state index in [1.165, 1.54) is 0 Å². The van der Waals surface area contributed by atoms with Crippen molar-refractivity contribution >= 4 is 15.9 Å². The Morgan fingerprint density at radius 3 is 2.59 bits per heavy atom. The Balaban J connectivity index is 1.46. The molecule has 2 fully saturated rings. The number of urea groups is 1. The van der Waals surface area contributed by atoms with Gasteiger partial charge in [-0.3, -0.25) is 4.90 Å². The molecule has 8 heteroatoms. The third-order valence-electron chi connectivity index (χ3n) is 5.28. The summed E-state index contributed by atoms with van der Waals surface area (Å²) in [6.45, 7) is 2.10. The van der Waals surface area contributed by atoms with Crippen LogP contribution in [0.25, 0.3) is 0 Å². The van der Waals surface area contributed by atoms with Crippen LogP contribution in [0.5, 0.6) is 0 Å². The second kappa shape index (κ2) is 7.36. The maximum absolute atomic E-state index is 12.7. The number of furan rings is 1. The fourth-order valence-electron chi connectivity index (χ4n) is 3.95. The number of fused-ring (bicyclic) bond motifs is 1. The second-order valence-electron chi connectivity index (χ2n) is 7.10. The van der Waals surface area contributed by atoms with Crippen molar-refractivity contribution in [2.24, 2.45) is 0 Å². The molecule has 0 saturated carbocycles. The molecule has 3 heterocycles. The third-order valence-corrected chi connectivity index (χ3v) is 6.98. The van der Waals surface area contributed by atoms with Crippen molar-refractivity contribution in [3.8, 4) is 0 Å². The van der Waals surface area contributed by atoms with Gasteiger partial charge in [-0.2, -0.15) is 0 Å². The van der Waals surface area contributed by atoms with Gasteiger partial charge in [0.2, 0.25) is 0 Å². The summed E-state index contributed by atoms with van der Waals surface area (Å²) in [5.74, 6) is 0.909. The van der Waals surface area contributed by atoms with Gasteiger partial charge in [-0.25, -0.2) is 13.2 Å². The lowest BCUT2D eigenvalue weighted by Gasteiger charge is -2.43. The van der Waals surface area contributed by atoms with Gasteiger partial charge in [0.15, 0.2) is 9.84 Å². The zero-order valence-corrected chi connectivity index (χ0v) is 15.8. The van der Waals surface area contributed by atoms with Gasteiger partial charge in [0.05, 0.1) is 30.4 Å². The Morgan fingerprint density at radius 2 is 1.85 bits per heavy atom. The Bertz CT molecular complexity index is 883. The average Bonchev–Trinajstić information content (AvgIpc) is 3.27. The number of carbonyl (C=O) groups excluding carboxylic acids is 1. The van der Waals surface area contributed by atoms with Crippen LogP contribution in [0, 0.1) is 0 Å². The highest BCUT2D eigenvalue weighted by molar-refractivity contribution is 7.91. The first-order valence-electron chi connectivity index (χ1n) is 9.07. The van der Waals surface area contributed by atoms with Gasteiger partial charge >= 0.3 is 6.03 Å². The number of rotatable bonds is 4. The summed E-state index contributed by atoms with van der Waals surface area (Å²) in [6, 6.07) is 12.7. The van der Waals surface area contributed by atoms with Crippen LogP contribution in [0.2, 0.25) is 0 Å². The summed E-state index contributed by atoms with van der Waals surface area (Å²) in [7, 11) is -3.17. The second-order valence-corrected chi connectivity index (χ2v) is 9.25. The number of amides is 2. The zero-order chi connectivity index (χ0) is 18.9. The van der Waals surface area contributed by atoms with Crippen molar-refractivity contribution in [3.05, 3.63) is 60.1 Å². The Morgan fingerprint density at radius 1 is 1.07 bits per heavy atom. The molecule has 2 saturated heterocycles. The molecular formula is C19H23N3O4S. The highest BCUT2D eigenvalue weighted by Crippen LogP contribution is 2.28. The molecule has 0 unspecified atom stereocenters. The van der Waals surface area contributed by atoms with Gasteiger partial charge in [-0.1, -0.05) is 30.3 Å². The van der Waals surface area contributed by atoms with Gasteiger partial charge in [0, 0.05) is 25.7 Å². The van der Waals surface area contributed by atoms with E-state index < -0.39 is 9.84 Å². The lowest BCUT2D eigenvalue weighted by atomic mass is 10.0. The number of nitrogens with one attached hydrogen (secondary N) is 1. The van der Waals surface area contributed by atoms with Crippen LogP contribution in [-0.2, 0) is 22.9 Å². The maximum atomic E-state index is 12.7. The Labute approximate surface area is 158 Å². The van der Waals surface area contributed by atoms with Crippen molar-refractivity contribution in [3.63, 3.8) is 0 Å². The van der Waals surface area contributed by atoms with Crippen LogP contribution < -0.4 is 5.32 Å². The quantitative estimate of drug-likeness (QED) is 0.856. The fourth-order valence-corrected chi connectivity index (χ4v) is 5.96. The fraction of sp³-hybridized carbons (Fsp3) is 0.421. The molecule has 1 aromatic heterocycles. The molecule has 0 radical (unpaired) electrons. The normalized spacial score (nSPS) is 24.5. The van der Waals surface area contributed by atoms with E-state index >= 15 is 0 Å². The van der Waals surface area contributed by atoms with Crippen LogP contribution in [0.15, 0.2) is 53.1 Å². The smallest absolute Gasteiger partial charge is 0.318 e. The minimum Gasteiger partial charge on any atom is -0.468 e. The number of hydrogen-bond acceptors (Lipinski definition) is 5. The monoisotopic (exact) mass is 389 g/mol. The predicted molar refractivity (Wildman–Crippen MR) is 101 cm³/mol. The Kier molecular flexibility index (Phi) is 4.92. The molecule has 1 N–H and O–H groups in total. The molecule has 0 bridgehead atoms. The molecule has 27 heavy (non-hydrogen) atoms. The molecule has 0 aliphatic carbocycles. The molecule has 2 aliphatic heterocycles. The molecule has 2 aliphatic rings. The topological polar surface area (TPSA) is 82.9 Å². The summed E-state index contributed by atoms with van der Waals surface area (Å²) in [6.07, 6.45) is 1.62. The molecule has 7 nitrogen and oxygen atoms in total. The van der Waals surface area contributed by atoms with E-state index in [0.717, 1.165) is 11.3 Å². The van der Waals surface area contributed by atoms with E-state index in [4.69, 9.17) is 4.42 Å². The highest BCUT2D eigenvalue weighted by atomic mass is 32.2. The van der Waals surface area contributed by atoms with Crippen molar-refractivity contribution in [1.29, 1.82) is 0 Å². The van der Waals surface area contributed by atoms with Gasteiger partial charge in [-0.05, 0) is 17.7 Å². The van der Waals surface area contributed by atoms with Crippen molar-refractivity contribution in [1.82, 2.24) is 15.1 Å². The van der Waals surface area contributed by atoms with Gasteiger partial charge in [0.25, 0.3) is 0 Å². The SMILES string of the molecule is O=C(NCc1ccccc1)N1CCN(Cc2ccco2)[C@@H]2CS(=O)(=O)C[C@@H]21. The van der Waals surface area contributed by atoms with Crippen molar-refractivity contribution < 1.29 is 17.6 Å².